The van der Waals surface area contributed by atoms with E-state index in [2.05, 4.69) is 15.5 Å². The van der Waals surface area contributed by atoms with Crippen LogP contribution in [-0.4, -0.2) is 27.4 Å². The van der Waals surface area contributed by atoms with Gasteiger partial charge in [-0.15, -0.1) is 10.2 Å². The molecule has 0 saturated heterocycles. The molecule has 0 radical (unpaired) electrons. The first kappa shape index (κ1) is 15.1. The molecular weight excluding hydrogens is 298 g/mol. The van der Waals surface area contributed by atoms with Crippen LogP contribution in [0.3, 0.4) is 0 Å². The summed E-state index contributed by atoms with van der Waals surface area (Å²) in [7, 11) is 0. The van der Waals surface area contributed by atoms with E-state index in [4.69, 9.17) is 4.42 Å². The number of hydrogen-bond donors (Lipinski definition) is 1. The average molecular weight is 317 g/mol. The van der Waals surface area contributed by atoms with E-state index in [1.807, 2.05) is 37.3 Å². The fraction of sp³-hybridized carbons (Fsp3) is 0.438. The minimum atomic E-state index is -0.246. The number of thioether (sulfide) groups is 1. The van der Waals surface area contributed by atoms with Crippen LogP contribution in [0.4, 0.5) is 0 Å². The van der Waals surface area contributed by atoms with Crippen molar-refractivity contribution in [2.75, 3.05) is 0 Å². The van der Waals surface area contributed by atoms with Gasteiger partial charge in [-0.05, 0) is 31.9 Å². The third kappa shape index (κ3) is 3.68. The second kappa shape index (κ2) is 6.96. The van der Waals surface area contributed by atoms with Crippen LogP contribution >= 0.6 is 11.8 Å². The Morgan fingerprint density at radius 2 is 2.00 bits per heavy atom. The molecule has 1 amide bonds. The number of amides is 1. The quantitative estimate of drug-likeness (QED) is 0.857. The van der Waals surface area contributed by atoms with Crippen molar-refractivity contribution in [3.8, 4) is 11.5 Å². The lowest BCUT2D eigenvalue weighted by atomic mass is 10.2. The molecule has 1 heterocycles. The summed E-state index contributed by atoms with van der Waals surface area (Å²) in [6.45, 7) is 1.86. The molecule has 6 heteroatoms. The van der Waals surface area contributed by atoms with Crippen molar-refractivity contribution in [2.24, 2.45) is 0 Å². The summed E-state index contributed by atoms with van der Waals surface area (Å²) in [6, 6.07) is 9.94. The molecule has 2 aromatic rings. The minimum absolute atomic E-state index is 0.0383. The molecule has 0 spiro atoms. The largest absolute Gasteiger partial charge is 0.411 e. The topological polar surface area (TPSA) is 68.0 Å². The Morgan fingerprint density at radius 1 is 1.27 bits per heavy atom. The molecule has 1 aromatic heterocycles. The van der Waals surface area contributed by atoms with Gasteiger partial charge < -0.3 is 9.73 Å². The van der Waals surface area contributed by atoms with Gasteiger partial charge in [-0.1, -0.05) is 42.8 Å². The van der Waals surface area contributed by atoms with Crippen LogP contribution in [0.5, 0.6) is 0 Å². The highest BCUT2D eigenvalue weighted by Crippen LogP contribution is 2.26. The number of benzene rings is 1. The number of hydrogen-bond acceptors (Lipinski definition) is 5. The average Bonchev–Trinajstić information content (AvgIpc) is 3.20. The molecular formula is C16H19N3O2S. The molecule has 5 nitrogen and oxygen atoms in total. The third-order valence-electron chi connectivity index (χ3n) is 3.78. The second-order valence-corrected chi connectivity index (χ2v) is 6.78. The van der Waals surface area contributed by atoms with E-state index in [9.17, 15) is 4.79 Å². The van der Waals surface area contributed by atoms with Crippen molar-refractivity contribution in [3.05, 3.63) is 30.3 Å². The molecule has 0 bridgehead atoms. The van der Waals surface area contributed by atoms with Crippen molar-refractivity contribution in [1.82, 2.24) is 15.5 Å². The Hall–Kier alpha value is -1.82. The molecule has 0 aliphatic heterocycles. The molecule has 1 aliphatic rings. The molecule has 116 valence electrons. The first-order chi connectivity index (χ1) is 10.7. The lowest BCUT2D eigenvalue weighted by molar-refractivity contribution is -0.120. The molecule has 1 unspecified atom stereocenters. The molecule has 1 saturated carbocycles. The van der Waals surface area contributed by atoms with Gasteiger partial charge >= 0.3 is 0 Å². The molecule has 1 aromatic carbocycles. The lowest BCUT2D eigenvalue weighted by Gasteiger charge is -2.14. The summed E-state index contributed by atoms with van der Waals surface area (Å²) in [5, 5.41) is 11.3. The van der Waals surface area contributed by atoms with E-state index < -0.39 is 0 Å². The third-order valence-corrected chi connectivity index (χ3v) is 4.71. The van der Waals surface area contributed by atoms with E-state index in [0.717, 1.165) is 18.4 Å². The maximum atomic E-state index is 12.2. The fourth-order valence-corrected chi connectivity index (χ4v) is 3.24. The molecule has 1 atom stereocenters. The van der Waals surface area contributed by atoms with Crippen LogP contribution in [0.15, 0.2) is 40.0 Å². The molecule has 22 heavy (non-hydrogen) atoms. The summed E-state index contributed by atoms with van der Waals surface area (Å²) >= 11 is 1.30. The van der Waals surface area contributed by atoms with Gasteiger partial charge in [-0.3, -0.25) is 4.79 Å². The number of carbonyl (C=O) groups is 1. The number of nitrogens with zero attached hydrogens (tertiary/aromatic N) is 2. The van der Waals surface area contributed by atoms with Crippen molar-refractivity contribution < 1.29 is 9.21 Å². The van der Waals surface area contributed by atoms with Crippen LogP contribution in [-0.2, 0) is 4.79 Å². The maximum absolute atomic E-state index is 12.2. The van der Waals surface area contributed by atoms with E-state index in [0.29, 0.717) is 17.2 Å². The predicted molar refractivity (Wildman–Crippen MR) is 85.5 cm³/mol. The zero-order valence-electron chi connectivity index (χ0n) is 12.5. The van der Waals surface area contributed by atoms with Crippen LogP contribution in [0, 0.1) is 0 Å². The Bertz CT molecular complexity index is 623. The lowest BCUT2D eigenvalue weighted by Crippen LogP contribution is -2.37. The van der Waals surface area contributed by atoms with Gasteiger partial charge in [-0.2, -0.15) is 0 Å². The van der Waals surface area contributed by atoms with Crippen molar-refractivity contribution in [2.45, 2.75) is 49.1 Å². The number of nitrogens with one attached hydrogen (secondary N) is 1. The number of carbonyl (C=O) groups excluding carboxylic acids is 1. The van der Waals surface area contributed by atoms with Crippen LogP contribution in [0.2, 0.25) is 0 Å². The summed E-state index contributed by atoms with van der Waals surface area (Å²) in [6.07, 6.45) is 4.58. The summed E-state index contributed by atoms with van der Waals surface area (Å²) < 4.78 is 5.62. The highest BCUT2D eigenvalue weighted by atomic mass is 32.2. The Labute approximate surface area is 133 Å². The highest BCUT2D eigenvalue weighted by Gasteiger charge is 2.23. The van der Waals surface area contributed by atoms with Crippen LogP contribution < -0.4 is 5.32 Å². The standard InChI is InChI=1S/C16H19N3O2S/c1-11(14(20)17-13-9-5-6-10-13)22-16-19-18-15(21-16)12-7-3-2-4-8-12/h2-4,7-8,11,13H,5-6,9-10H2,1H3,(H,17,20). The zero-order valence-corrected chi connectivity index (χ0v) is 13.3. The van der Waals surface area contributed by atoms with Crippen molar-refractivity contribution in [1.29, 1.82) is 0 Å². The normalized spacial score (nSPS) is 16.6. The monoisotopic (exact) mass is 317 g/mol. The van der Waals surface area contributed by atoms with Gasteiger partial charge in [0.25, 0.3) is 5.22 Å². The Kier molecular flexibility index (Phi) is 4.77. The Balaban J connectivity index is 1.58. The Morgan fingerprint density at radius 3 is 2.73 bits per heavy atom. The number of rotatable bonds is 5. The molecule has 1 fully saturated rings. The molecule has 1 aliphatic carbocycles. The maximum Gasteiger partial charge on any atom is 0.277 e. The minimum Gasteiger partial charge on any atom is -0.411 e. The van der Waals surface area contributed by atoms with E-state index in [-0.39, 0.29) is 11.2 Å². The summed E-state index contributed by atoms with van der Waals surface area (Å²) in [4.78, 5) is 12.2. The summed E-state index contributed by atoms with van der Waals surface area (Å²) in [5.74, 6) is 0.517. The number of aromatic nitrogens is 2. The van der Waals surface area contributed by atoms with Gasteiger partial charge in [0.15, 0.2) is 0 Å². The zero-order chi connectivity index (χ0) is 15.4. The molecule has 1 N–H and O–H groups in total. The van der Waals surface area contributed by atoms with Crippen molar-refractivity contribution in [3.63, 3.8) is 0 Å². The van der Waals surface area contributed by atoms with Crippen molar-refractivity contribution >= 4 is 17.7 Å². The fourth-order valence-electron chi connectivity index (χ4n) is 2.55. The van der Waals surface area contributed by atoms with E-state index in [1.165, 1.54) is 24.6 Å². The summed E-state index contributed by atoms with van der Waals surface area (Å²) in [5.41, 5.74) is 0.880. The highest BCUT2D eigenvalue weighted by molar-refractivity contribution is 8.00. The van der Waals surface area contributed by atoms with Crippen LogP contribution in [0.25, 0.3) is 11.5 Å². The van der Waals surface area contributed by atoms with E-state index >= 15 is 0 Å². The van der Waals surface area contributed by atoms with E-state index in [1.54, 1.807) is 0 Å². The van der Waals surface area contributed by atoms with Gasteiger partial charge in [0.2, 0.25) is 11.8 Å². The second-order valence-electron chi connectivity index (χ2n) is 5.49. The predicted octanol–water partition coefficient (Wildman–Crippen LogP) is 3.28. The van der Waals surface area contributed by atoms with Gasteiger partial charge in [-0.25, -0.2) is 0 Å². The van der Waals surface area contributed by atoms with Gasteiger partial charge in [0.05, 0.1) is 5.25 Å². The molecule has 3 rings (SSSR count). The van der Waals surface area contributed by atoms with Gasteiger partial charge in [0.1, 0.15) is 0 Å². The van der Waals surface area contributed by atoms with Crippen LogP contribution in [0.1, 0.15) is 32.6 Å². The first-order valence-electron chi connectivity index (χ1n) is 7.58. The van der Waals surface area contributed by atoms with Gasteiger partial charge in [0, 0.05) is 11.6 Å². The SMILES string of the molecule is CC(Sc1nnc(-c2ccccc2)o1)C(=O)NC1CCCC1. The smallest absolute Gasteiger partial charge is 0.277 e. The first-order valence-corrected chi connectivity index (χ1v) is 8.46.